The van der Waals surface area contributed by atoms with Gasteiger partial charge in [0.1, 0.15) is 11.5 Å². The van der Waals surface area contributed by atoms with Crippen LogP contribution in [0.25, 0.3) is 0 Å². The van der Waals surface area contributed by atoms with Crippen LogP contribution in [0.2, 0.25) is 0 Å². The lowest BCUT2D eigenvalue weighted by atomic mass is 10.0. The Morgan fingerprint density at radius 3 is 2.48 bits per heavy atom. The summed E-state index contributed by atoms with van der Waals surface area (Å²) in [5.41, 5.74) is 7.25. The summed E-state index contributed by atoms with van der Waals surface area (Å²) in [5.74, 6) is 2.82. The number of hydrogen-bond donors (Lipinski definition) is 1. The van der Waals surface area contributed by atoms with Gasteiger partial charge in [-0.2, -0.15) is 11.8 Å². The number of thioether (sulfide) groups is 1. The zero-order chi connectivity index (χ0) is 15.2. The minimum atomic E-state index is 0.226. The van der Waals surface area contributed by atoms with Crippen LogP contribution in [0.5, 0.6) is 11.5 Å². The fourth-order valence-electron chi connectivity index (χ4n) is 2.79. The van der Waals surface area contributed by atoms with E-state index in [-0.39, 0.29) is 6.04 Å². The monoisotopic (exact) mass is 310 g/mol. The van der Waals surface area contributed by atoms with Crippen LogP contribution < -0.4 is 15.2 Å². The molecule has 118 valence electrons. The third kappa shape index (κ3) is 4.05. The first-order chi connectivity index (χ1) is 10.2. The summed E-state index contributed by atoms with van der Waals surface area (Å²) < 4.78 is 10.8. The van der Waals surface area contributed by atoms with Gasteiger partial charge >= 0.3 is 0 Å². The van der Waals surface area contributed by atoms with E-state index >= 15 is 0 Å². The molecule has 2 N–H and O–H groups in total. The van der Waals surface area contributed by atoms with Crippen molar-refractivity contribution in [2.45, 2.75) is 24.6 Å². The second-order valence-corrected chi connectivity index (χ2v) is 6.70. The van der Waals surface area contributed by atoms with Crippen LogP contribution in [0, 0.1) is 0 Å². The van der Waals surface area contributed by atoms with Crippen molar-refractivity contribution in [1.82, 2.24) is 4.90 Å². The van der Waals surface area contributed by atoms with Gasteiger partial charge in [0, 0.05) is 42.7 Å². The summed E-state index contributed by atoms with van der Waals surface area (Å²) in [4.78, 5) is 2.50. The van der Waals surface area contributed by atoms with Crippen LogP contribution in [-0.2, 0) is 0 Å². The Bertz CT molecular complexity index is 434. The molecule has 0 aliphatic carbocycles. The van der Waals surface area contributed by atoms with Crippen molar-refractivity contribution in [1.29, 1.82) is 0 Å². The number of hydrogen-bond acceptors (Lipinski definition) is 5. The van der Waals surface area contributed by atoms with Crippen LogP contribution in [0.3, 0.4) is 0 Å². The predicted molar refractivity (Wildman–Crippen MR) is 89.5 cm³/mol. The molecule has 1 heterocycles. The second kappa shape index (κ2) is 7.92. The van der Waals surface area contributed by atoms with Gasteiger partial charge in [0.15, 0.2) is 0 Å². The maximum Gasteiger partial charge on any atom is 0.122 e. The molecule has 4 nitrogen and oxygen atoms in total. The highest BCUT2D eigenvalue weighted by atomic mass is 32.2. The molecule has 2 atom stereocenters. The molecule has 1 aliphatic heterocycles. The molecular weight excluding hydrogens is 284 g/mol. The van der Waals surface area contributed by atoms with E-state index in [0.29, 0.717) is 11.8 Å². The summed E-state index contributed by atoms with van der Waals surface area (Å²) in [6, 6.07) is 6.27. The van der Waals surface area contributed by atoms with Gasteiger partial charge in [-0.1, -0.05) is 6.92 Å². The number of benzene rings is 1. The molecule has 5 heteroatoms. The van der Waals surface area contributed by atoms with E-state index in [4.69, 9.17) is 15.2 Å². The normalized spacial score (nSPS) is 21.0. The summed E-state index contributed by atoms with van der Waals surface area (Å²) in [6.07, 6.45) is 1.21. The maximum atomic E-state index is 6.08. The molecule has 0 amide bonds. The van der Waals surface area contributed by atoms with Gasteiger partial charge in [0.05, 0.1) is 14.2 Å². The van der Waals surface area contributed by atoms with Crippen molar-refractivity contribution in [3.8, 4) is 11.5 Å². The maximum absolute atomic E-state index is 6.08. The molecule has 2 rings (SSSR count). The minimum Gasteiger partial charge on any atom is -0.497 e. The molecule has 0 bridgehead atoms. The van der Waals surface area contributed by atoms with Crippen molar-refractivity contribution in [2.75, 3.05) is 39.6 Å². The van der Waals surface area contributed by atoms with E-state index in [1.54, 1.807) is 14.2 Å². The zero-order valence-electron chi connectivity index (χ0n) is 13.2. The van der Waals surface area contributed by atoms with E-state index in [2.05, 4.69) is 35.7 Å². The molecule has 0 saturated carbocycles. The standard InChI is InChI=1S/C16H26N2O2S/c1-4-15-11-18(5-6-21-15)16(10-17)12-7-13(19-2)9-14(8-12)20-3/h7-9,15-16H,4-6,10-11,17H2,1-3H3. The van der Waals surface area contributed by atoms with Crippen molar-refractivity contribution < 1.29 is 9.47 Å². The zero-order valence-corrected chi connectivity index (χ0v) is 14.0. The highest BCUT2D eigenvalue weighted by molar-refractivity contribution is 8.00. The van der Waals surface area contributed by atoms with Gasteiger partial charge in [0.2, 0.25) is 0 Å². The average Bonchev–Trinajstić information content (AvgIpc) is 2.55. The van der Waals surface area contributed by atoms with Crippen molar-refractivity contribution in [3.05, 3.63) is 23.8 Å². The van der Waals surface area contributed by atoms with Gasteiger partial charge < -0.3 is 15.2 Å². The highest BCUT2D eigenvalue weighted by Gasteiger charge is 2.26. The van der Waals surface area contributed by atoms with Gasteiger partial charge in [-0.3, -0.25) is 4.90 Å². The van der Waals surface area contributed by atoms with E-state index in [1.807, 2.05) is 6.07 Å². The van der Waals surface area contributed by atoms with Crippen molar-refractivity contribution in [2.24, 2.45) is 5.73 Å². The van der Waals surface area contributed by atoms with Crippen molar-refractivity contribution >= 4 is 11.8 Å². The smallest absolute Gasteiger partial charge is 0.122 e. The first-order valence-corrected chi connectivity index (χ1v) is 8.55. The topological polar surface area (TPSA) is 47.7 Å². The van der Waals surface area contributed by atoms with Crippen LogP contribution in [0.1, 0.15) is 24.9 Å². The SMILES string of the molecule is CCC1CN(C(CN)c2cc(OC)cc(OC)c2)CCS1. The molecule has 1 saturated heterocycles. The third-order valence-electron chi connectivity index (χ3n) is 4.05. The Morgan fingerprint density at radius 1 is 1.29 bits per heavy atom. The second-order valence-electron chi connectivity index (χ2n) is 5.29. The molecule has 1 fully saturated rings. The molecule has 21 heavy (non-hydrogen) atoms. The lowest BCUT2D eigenvalue weighted by molar-refractivity contribution is 0.207. The molecule has 1 aliphatic rings. The number of nitrogens with two attached hydrogens (primary N) is 1. The Morgan fingerprint density at radius 2 is 1.95 bits per heavy atom. The Hall–Kier alpha value is -0.910. The molecule has 2 unspecified atom stereocenters. The molecule has 0 radical (unpaired) electrons. The number of rotatable bonds is 6. The van der Waals surface area contributed by atoms with Crippen LogP contribution in [0.15, 0.2) is 18.2 Å². The summed E-state index contributed by atoms with van der Waals surface area (Å²) in [5, 5.41) is 0.709. The van der Waals surface area contributed by atoms with Gasteiger partial charge in [-0.25, -0.2) is 0 Å². The predicted octanol–water partition coefficient (Wildman–Crippen LogP) is 2.53. The van der Waals surface area contributed by atoms with E-state index < -0.39 is 0 Å². The number of ether oxygens (including phenoxy) is 2. The highest BCUT2D eigenvalue weighted by Crippen LogP contribution is 2.32. The van der Waals surface area contributed by atoms with Gasteiger partial charge in [-0.05, 0) is 24.1 Å². The Balaban J connectivity index is 2.23. The first kappa shape index (κ1) is 16.5. The van der Waals surface area contributed by atoms with E-state index in [1.165, 1.54) is 17.7 Å². The Kier molecular flexibility index (Phi) is 6.21. The van der Waals surface area contributed by atoms with Crippen LogP contribution >= 0.6 is 11.8 Å². The fraction of sp³-hybridized carbons (Fsp3) is 0.625. The molecule has 1 aromatic carbocycles. The van der Waals surface area contributed by atoms with Crippen LogP contribution in [-0.4, -0.2) is 49.8 Å². The molecular formula is C16H26N2O2S. The van der Waals surface area contributed by atoms with Crippen molar-refractivity contribution in [3.63, 3.8) is 0 Å². The summed E-state index contributed by atoms with van der Waals surface area (Å²) in [6.45, 7) is 5.05. The lowest BCUT2D eigenvalue weighted by Crippen LogP contribution is -2.42. The first-order valence-electron chi connectivity index (χ1n) is 7.50. The fourth-order valence-corrected chi connectivity index (χ4v) is 4.00. The number of nitrogens with zero attached hydrogens (tertiary/aromatic N) is 1. The summed E-state index contributed by atoms with van der Waals surface area (Å²) >= 11 is 2.07. The van der Waals surface area contributed by atoms with E-state index in [0.717, 1.165) is 24.6 Å². The minimum absolute atomic E-state index is 0.226. The largest absolute Gasteiger partial charge is 0.497 e. The number of methoxy groups -OCH3 is 2. The lowest BCUT2D eigenvalue weighted by Gasteiger charge is -2.37. The van der Waals surface area contributed by atoms with Gasteiger partial charge in [0.25, 0.3) is 0 Å². The average molecular weight is 310 g/mol. The molecule has 0 aromatic heterocycles. The Labute approximate surface area is 132 Å². The van der Waals surface area contributed by atoms with Gasteiger partial charge in [-0.15, -0.1) is 0 Å². The quantitative estimate of drug-likeness (QED) is 0.875. The van der Waals surface area contributed by atoms with E-state index in [9.17, 15) is 0 Å². The van der Waals surface area contributed by atoms with Crippen LogP contribution in [0.4, 0.5) is 0 Å². The molecule has 1 aromatic rings. The third-order valence-corrected chi connectivity index (χ3v) is 5.42. The molecule has 0 spiro atoms. The summed E-state index contributed by atoms with van der Waals surface area (Å²) in [7, 11) is 3.36.